The molecule has 0 amide bonds. The van der Waals surface area contributed by atoms with E-state index in [4.69, 9.17) is 0 Å². The van der Waals surface area contributed by atoms with Crippen molar-refractivity contribution in [2.75, 3.05) is 25.0 Å². The fourth-order valence-electron chi connectivity index (χ4n) is 2.93. The van der Waals surface area contributed by atoms with Crippen LogP contribution in [0.5, 0.6) is 0 Å². The predicted molar refractivity (Wildman–Crippen MR) is 80.9 cm³/mol. The lowest BCUT2D eigenvalue weighted by Gasteiger charge is -2.21. The third-order valence-corrected chi connectivity index (χ3v) is 3.85. The molecule has 0 saturated carbocycles. The fourth-order valence-corrected chi connectivity index (χ4v) is 2.93. The number of aromatic nitrogens is 2. The minimum Gasteiger partial charge on any atom is -0.476 e. The molecule has 2 aromatic heterocycles. The Morgan fingerprint density at radius 1 is 1.43 bits per heavy atom. The Balaban J connectivity index is 1.82. The molecular formula is C15H20N4O2. The maximum Gasteiger partial charge on any atom is 0.356 e. The van der Waals surface area contributed by atoms with Crippen LogP contribution in [0.1, 0.15) is 30.3 Å². The second kappa shape index (κ2) is 5.73. The van der Waals surface area contributed by atoms with Crippen LogP contribution < -0.4 is 5.32 Å². The summed E-state index contributed by atoms with van der Waals surface area (Å²) in [5, 5.41) is 12.7. The number of anilines is 1. The second-order valence-electron chi connectivity index (χ2n) is 5.60. The third kappa shape index (κ3) is 2.85. The van der Waals surface area contributed by atoms with Gasteiger partial charge in [0, 0.05) is 18.8 Å². The number of nitrogens with zero attached hydrogens (tertiary/aromatic N) is 3. The largest absolute Gasteiger partial charge is 0.476 e. The van der Waals surface area contributed by atoms with Crippen LogP contribution in [-0.4, -0.2) is 51.0 Å². The van der Waals surface area contributed by atoms with Gasteiger partial charge in [0.2, 0.25) is 0 Å². The van der Waals surface area contributed by atoms with Gasteiger partial charge in [0.05, 0.1) is 0 Å². The van der Waals surface area contributed by atoms with Gasteiger partial charge in [0.25, 0.3) is 0 Å². The highest BCUT2D eigenvalue weighted by molar-refractivity contribution is 5.93. The molecule has 0 radical (unpaired) electrons. The lowest BCUT2D eigenvalue weighted by Crippen LogP contribution is -2.33. The van der Waals surface area contributed by atoms with Gasteiger partial charge in [-0.15, -0.1) is 0 Å². The van der Waals surface area contributed by atoms with Crippen LogP contribution in [0.25, 0.3) is 5.65 Å². The number of carboxylic acids is 1. The van der Waals surface area contributed by atoms with Crippen molar-refractivity contribution in [3.8, 4) is 0 Å². The molecule has 2 aromatic rings. The molecule has 112 valence electrons. The number of fused-ring (bicyclic) bond motifs is 1. The zero-order chi connectivity index (χ0) is 14.8. The normalized spacial score (nSPS) is 17.2. The predicted octanol–water partition coefficient (Wildman–Crippen LogP) is 1.93. The molecule has 0 spiro atoms. The summed E-state index contributed by atoms with van der Waals surface area (Å²) in [6.07, 6.45) is 4.23. The topological polar surface area (TPSA) is 69.9 Å². The molecule has 0 bridgehead atoms. The summed E-state index contributed by atoms with van der Waals surface area (Å²) in [5.41, 5.74) is 0.838. The zero-order valence-corrected chi connectivity index (χ0v) is 12.1. The van der Waals surface area contributed by atoms with Crippen molar-refractivity contribution >= 4 is 17.4 Å². The Labute approximate surface area is 123 Å². The Morgan fingerprint density at radius 3 is 2.90 bits per heavy atom. The van der Waals surface area contributed by atoms with Gasteiger partial charge in [-0.05, 0) is 45.0 Å². The molecule has 1 aliphatic heterocycles. The van der Waals surface area contributed by atoms with E-state index in [1.807, 2.05) is 12.1 Å². The van der Waals surface area contributed by atoms with E-state index >= 15 is 0 Å². The lowest BCUT2D eigenvalue weighted by molar-refractivity contribution is 0.0690. The molecule has 1 fully saturated rings. The van der Waals surface area contributed by atoms with Crippen LogP contribution in [0.2, 0.25) is 0 Å². The molecule has 3 heterocycles. The number of rotatable bonds is 5. The third-order valence-electron chi connectivity index (χ3n) is 3.85. The maximum absolute atomic E-state index is 11.5. The number of hydrogen-bond donors (Lipinski definition) is 2. The number of imidazole rings is 1. The van der Waals surface area contributed by atoms with E-state index in [-0.39, 0.29) is 11.7 Å². The van der Waals surface area contributed by atoms with Crippen molar-refractivity contribution in [2.45, 2.75) is 25.8 Å². The quantitative estimate of drug-likeness (QED) is 0.879. The summed E-state index contributed by atoms with van der Waals surface area (Å²) in [5.74, 6) is -0.523. The van der Waals surface area contributed by atoms with E-state index in [1.165, 1.54) is 12.8 Å². The summed E-state index contributed by atoms with van der Waals surface area (Å²) in [7, 11) is 0. The smallest absolute Gasteiger partial charge is 0.356 e. The SMILES string of the molecule is CC(CN1CCCC1)Nc1nc2ccccn2c1C(=O)O. The highest BCUT2D eigenvalue weighted by atomic mass is 16.4. The number of carboxylic acid groups (broad SMARTS) is 1. The molecule has 21 heavy (non-hydrogen) atoms. The van der Waals surface area contributed by atoms with E-state index in [2.05, 4.69) is 22.1 Å². The van der Waals surface area contributed by atoms with Crippen LogP contribution in [0.3, 0.4) is 0 Å². The lowest BCUT2D eigenvalue weighted by atomic mass is 10.3. The van der Waals surface area contributed by atoms with Crippen LogP contribution >= 0.6 is 0 Å². The summed E-state index contributed by atoms with van der Waals surface area (Å²) < 4.78 is 1.60. The Morgan fingerprint density at radius 2 is 2.19 bits per heavy atom. The van der Waals surface area contributed by atoms with Gasteiger partial charge in [0.15, 0.2) is 11.5 Å². The van der Waals surface area contributed by atoms with E-state index in [0.717, 1.165) is 19.6 Å². The molecule has 1 unspecified atom stereocenters. The number of aromatic carboxylic acids is 1. The van der Waals surface area contributed by atoms with E-state index in [1.54, 1.807) is 16.7 Å². The van der Waals surface area contributed by atoms with Crippen molar-refractivity contribution in [2.24, 2.45) is 0 Å². The van der Waals surface area contributed by atoms with Gasteiger partial charge in [-0.3, -0.25) is 4.40 Å². The second-order valence-corrected chi connectivity index (χ2v) is 5.60. The first-order valence-electron chi connectivity index (χ1n) is 7.34. The molecule has 6 heteroatoms. The summed E-state index contributed by atoms with van der Waals surface area (Å²) >= 11 is 0. The highest BCUT2D eigenvalue weighted by Crippen LogP contribution is 2.19. The Kier molecular flexibility index (Phi) is 3.79. The monoisotopic (exact) mass is 288 g/mol. The number of pyridine rings is 1. The van der Waals surface area contributed by atoms with Gasteiger partial charge >= 0.3 is 5.97 Å². The van der Waals surface area contributed by atoms with Gasteiger partial charge in [0.1, 0.15) is 5.65 Å². The standard InChI is InChI=1S/C15H20N4O2/c1-11(10-18-7-4-5-8-18)16-14-13(15(20)21)19-9-3-2-6-12(19)17-14/h2-3,6,9,11,16H,4-5,7-8,10H2,1H3,(H,20,21). The van der Waals surface area contributed by atoms with Crippen molar-refractivity contribution in [3.63, 3.8) is 0 Å². The number of carbonyl (C=O) groups is 1. The molecule has 1 aliphatic rings. The molecule has 0 aliphatic carbocycles. The summed E-state index contributed by atoms with van der Waals surface area (Å²) in [4.78, 5) is 18.3. The number of nitrogens with one attached hydrogen (secondary N) is 1. The van der Waals surface area contributed by atoms with Gasteiger partial charge in [-0.2, -0.15) is 0 Å². The molecule has 0 aromatic carbocycles. The first kappa shape index (κ1) is 13.9. The minimum atomic E-state index is -0.968. The Bertz CT molecular complexity index is 646. The molecule has 1 saturated heterocycles. The van der Waals surface area contributed by atoms with E-state index in [9.17, 15) is 9.90 Å². The summed E-state index contributed by atoms with van der Waals surface area (Å²) in [6.45, 7) is 5.23. The van der Waals surface area contributed by atoms with Gasteiger partial charge in [-0.25, -0.2) is 9.78 Å². The van der Waals surface area contributed by atoms with E-state index < -0.39 is 5.97 Å². The fraction of sp³-hybridized carbons (Fsp3) is 0.467. The van der Waals surface area contributed by atoms with Gasteiger partial charge in [-0.1, -0.05) is 6.07 Å². The van der Waals surface area contributed by atoms with Crippen LogP contribution in [0.15, 0.2) is 24.4 Å². The highest BCUT2D eigenvalue weighted by Gasteiger charge is 2.21. The van der Waals surface area contributed by atoms with Crippen molar-refractivity contribution in [1.82, 2.24) is 14.3 Å². The molecule has 2 N–H and O–H groups in total. The number of hydrogen-bond acceptors (Lipinski definition) is 4. The van der Waals surface area contributed by atoms with Gasteiger partial charge < -0.3 is 15.3 Å². The van der Waals surface area contributed by atoms with Crippen molar-refractivity contribution in [1.29, 1.82) is 0 Å². The Hall–Kier alpha value is -2.08. The van der Waals surface area contributed by atoms with Crippen molar-refractivity contribution < 1.29 is 9.90 Å². The van der Waals surface area contributed by atoms with E-state index in [0.29, 0.717) is 11.5 Å². The average molecular weight is 288 g/mol. The van der Waals surface area contributed by atoms with Crippen LogP contribution in [-0.2, 0) is 0 Å². The molecule has 1 atom stereocenters. The maximum atomic E-state index is 11.5. The average Bonchev–Trinajstić information content (AvgIpc) is 3.04. The van der Waals surface area contributed by atoms with Crippen LogP contribution in [0, 0.1) is 0 Å². The summed E-state index contributed by atoms with van der Waals surface area (Å²) in [6, 6.07) is 5.62. The minimum absolute atomic E-state index is 0.158. The molecular weight excluding hydrogens is 268 g/mol. The van der Waals surface area contributed by atoms with Crippen molar-refractivity contribution in [3.05, 3.63) is 30.1 Å². The molecule has 3 rings (SSSR count). The first-order valence-corrected chi connectivity index (χ1v) is 7.34. The molecule has 6 nitrogen and oxygen atoms in total. The first-order chi connectivity index (χ1) is 10.1. The zero-order valence-electron chi connectivity index (χ0n) is 12.1. The van der Waals surface area contributed by atoms with Crippen LogP contribution in [0.4, 0.5) is 5.82 Å². The number of likely N-dealkylation sites (tertiary alicyclic amines) is 1.